The Hall–Kier alpha value is -1.95. The molecule has 0 aromatic heterocycles. The van der Waals surface area contributed by atoms with E-state index in [9.17, 15) is 40.1 Å². The molecule has 1 aromatic carbocycles. The fraction of sp³-hybridized carbons (Fsp3) is 0.526. The first-order chi connectivity index (χ1) is 14.1. The summed E-state index contributed by atoms with van der Waals surface area (Å²) < 4.78 is 102. The van der Waals surface area contributed by atoms with E-state index < -0.39 is 44.7 Å². The maximum absolute atomic E-state index is 13.7. The van der Waals surface area contributed by atoms with Crippen molar-refractivity contribution in [3.63, 3.8) is 0 Å². The lowest BCUT2D eigenvalue weighted by atomic mass is 9.97. The van der Waals surface area contributed by atoms with Gasteiger partial charge in [0, 0.05) is 6.54 Å². The summed E-state index contributed by atoms with van der Waals surface area (Å²) in [5, 5.41) is 2.70. The van der Waals surface area contributed by atoms with Crippen molar-refractivity contribution in [1.82, 2.24) is 5.32 Å². The lowest BCUT2D eigenvalue weighted by Crippen LogP contribution is -2.59. The van der Waals surface area contributed by atoms with E-state index in [1.54, 1.807) is 5.32 Å². The monoisotopic (exact) mass is 477 g/mol. The van der Waals surface area contributed by atoms with Crippen molar-refractivity contribution in [3.8, 4) is 0 Å². The zero-order chi connectivity index (χ0) is 24.1. The van der Waals surface area contributed by atoms with E-state index in [1.807, 2.05) is 34.9 Å². The second-order valence-electron chi connectivity index (χ2n) is 7.57. The zero-order valence-electron chi connectivity index (χ0n) is 16.8. The Kier molecular flexibility index (Phi) is 8.83. The predicted octanol–water partition coefficient (Wildman–Crippen LogP) is 5.07. The molecule has 2 unspecified atom stereocenters. The van der Waals surface area contributed by atoms with Crippen LogP contribution in [0.2, 0.25) is 13.1 Å². The number of unbranched alkanes of at least 4 members (excludes halogenated alkanes) is 1. The van der Waals surface area contributed by atoms with Crippen molar-refractivity contribution < 1.29 is 45.0 Å². The van der Waals surface area contributed by atoms with Gasteiger partial charge in [0.2, 0.25) is 11.8 Å². The van der Waals surface area contributed by atoms with Gasteiger partial charge in [-0.25, -0.2) is 0 Å². The van der Waals surface area contributed by atoms with Gasteiger partial charge in [0.1, 0.15) is 8.07 Å². The number of carbonyl (C=O) groups is 1. The molecule has 1 amide bonds. The highest BCUT2D eigenvalue weighted by atomic mass is 28.3. The molecule has 1 N–H and O–H groups in total. The number of aryl methyl sites for hydroxylation is 1. The molecule has 0 heterocycles. The van der Waals surface area contributed by atoms with E-state index in [2.05, 4.69) is 19.7 Å². The SMILES string of the molecule is C=C[Si](C)(C)c1cccc(CCCCNC(=O)C(C(F)(F)F)C(F)(OF)C(F)(F)F)c1. The molecule has 0 fully saturated rings. The fourth-order valence-electron chi connectivity index (χ4n) is 2.79. The topological polar surface area (TPSA) is 38.3 Å². The molecule has 0 saturated carbocycles. The summed E-state index contributed by atoms with van der Waals surface area (Å²) in [5.41, 5.74) is 2.84. The Morgan fingerprint density at radius 2 is 1.77 bits per heavy atom. The van der Waals surface area contributed by atoms with Gasteiger partial charge >= 0.3 is 18.2 Å². The highest BCUT2D eigenvalue weighted by molar-refractivity contribution is 6.93. The molecule has 31 heavy (non-hydrogen) atoms. The lowest BCUT2D eigenvalue weighted by molar-refractivity contribution is -0.435. The van der Waals surface area contributed by atoms with Gasteiger partial charge in [0.05, 0.1) is 0 Å². The summed E-state index contributed by atoms with van der Waals surface area (Å²) in [5.74, 6) is -12.6. The van der Waals surface area contributed by atoms with Crippen LogP contribution in [-0.2, 0) is 16.2 Å². The first-order valence-electron chi connectivity index (χ1n) is 9.23. The Labute approximate surface area is 175 Å². The molecule has 0 aliphatic heterocycles. The molecule has 0 saturated heterocycles. The number of halogens is 8. The van der Waals surface area contributed by atoms with Gasteiger partial charge in [-0.3, -0.25) is 4.79 Å². The van der Waals surface area contributed by atoms with Gasteiger partial charge < -0.3 is 5.32 Å². The third kappa shape index (κ3) is 6.76. The van der Waals surface area contributed by atoms with Crippen molar-refractivity contribution in [2.75, 3.05) is 6.54 Å². The molecule has 2 atom stereocenters. The third-order valence-corrected chi connectivity index (χ3v) is 7.65. The van der Waals surface area contributed by atoms with E-state index >= 15 is 0 Å². The van der Waals surface area contributed by atoms with Gasteiger partial charge in [-0.15, -0.1) is 11.5 Å². The Morgan fingerprint density at radius 3 is 2.26 bits per heavy atom. The quantitative estimate of drug-likeness (QED) is 0.290. The molecule has 176 valence electrons. The van der Waals surface area contributed by atoms with Gasteiger partial charge in [0.15, 0.2) is 0 Å². The van der Waals surface area contributed by atoms with Gasteiger partial charge in [0.25, 0.3) is 0 Å². The van der Waals surface area contributed by atoms with E-state index in [-0.39, 0.29) is 6.42 Å². The van der Waals surface area contributed by atoms with Crippen LogP contribution in [0.1, 0.15) is 18.4 Å². The smallest absolute Gasteiger partial charge is 0.355 e. The number of hydrogen-bond donors (Lipinski definition) is 1. The van der Waals surface area contributed by atoms with E-state index in [0.29, 0.717) is 12.8 Å². The van der Waals surface area contributed by atoms with Gasteiger partial charge in [-0.2, -0.15) is 30.7 Å². The molecule has 0 aliphatic carbocycles. The maximum Gasteiger partial charge on any atom is 0.452 e. The van der Waals surface area contributed by atoms with Crippen molar-refractivity contribution in [3.05, 3.63) is 42.1 Å². The van der Waals surface area contributed by atoms with Crippen molar-refractivity contribution in [1.29, 1.82) is 0 Å². The van der Waals surface area contributed by atoms with Gasteiger partial charge in [-0.1, -0.05) is 48.2 Å². The summed E-state index contributed by atoms with van der Waals surface area (Å²) in [6.45, 7) is 7.56. The average molecular weight is 477 g/mol. The summed E-state index contributed by atoms with van der Waals surface area (Å²) in [4.78, 5) is 13.6. The minimum Gasteiger partial charge on any atom is -0.355 e. The molecule has 1 aromatic rings. The molecule has 1 rings (SSSR count). The number of amides is 1. The second kappa shape index (κ2) is 10.1. The van der Waals surface area contributed by atoms with E-state index in [4.69, 9.17) is 0 Å². The Bertz CT molecular complexity index is 766. The second-order valence-corrected chi connectivity index (χ2v) is 12.0. The summed E-state index contributed by atoms with van der Waals surface area (Å²) in [7, 11) is -1.79. The normalized spacial score (nSPS) is 15.8. The molecular weight excluding hydrogens is 454 g/mol. The highest BCUT2D eigenvalue weighted by Crippen LogP contribution is 2.47. The lowest BCUT2D eigenvalue weighted by Gasteiger charge is -2.31. The molecular formula is C19H23F8NO2Si. The summed E-state index contributed by atoms with van der Waals surface area (Å²) in [6.07, 6.45) is -11.5. The van der Waals surface area contributed by atoms with Crippen LogP contribution in [0.5, 0.6) is 0 Å². The van der Waals surface area contributed by atoms with Crippen LogP contribution in [0.4, 0.5) is 35.3 Å². The van der Waals surface area contributed by atoms with E-state index in [1.165, 1.54) is 0 Å². The van der Waals surface area contributed by atoms with E-state index in [0.717, 1.165) is 10.8 Å². The minimum atomic E-state index is -6.42. The van der Waals surface area contributed by atoms with Gasteiger partial charge in [-0.05, 0) is 29.4 Å². The summed E-state index contributed by atoms with van der Waals surface area (Å²) >= 11 is 0. The van der Waals surface area contributed by atoms with Crippen molar-refractivity contribution >= 4 is 19.2 Å². The minimum absolute atomic E-state index is 0.102. The molecule has 0 bridgehead atoms. The average Bonchev–Trinajstić information content (AvgIpc) is 2.65. The van der Waals surface area contributed by atoms with Crippen LogP contribution in [0.3, 0.4) is 0 Å². The molecule has 0 aliphatic rings. The number of alkyl halides is 7. The van der Waals surface area contributed by atoms with Crippen molar-refractivity contribution in [2.45, 2.75) is 50.6 Å². The fourth-order valence-corrected chi connectivity index (χ4v) is 4.11. The first-order valence-corrected chi connectivity index (χ1v) is 12.3. The number of rotatable bonds is 10. The molecule has 0 radical (unpaired) electrons. The molecule has 0 spiro atoms. The number of hydrogen-bond acceptors (Lipinski definition) is 2. The Balaban J connectivity index is 2.72. The van der Waals surface area contributed by atoms with Crippen LogP contribution in [0, 0.1) is 5.92 Å². The standard InChI is InChI=1S/C19H23F8NO2Si/c1-4-31(2,3)14-10-7-9-13(12-14)8-5-6-11-28-16(29)15(18(21,22)23)17(20,30-27)19(24,25)26/h4,7,9-10,12,15H,1,5-6,8,11H2,2-3H3,(H,28,29). The largest absolute Gasteiger partial charge is 0.452 e. The predicted molar refractivity (Wildman–Crippen MR) is 101 cm³/mol. The van der Waals surface area contributed by atoms with Crippen LogP contribution < -0.4 is 10.5 Å². The summed E-state index contributed by atoms with van der Waals surface area (Å²) in [6, 6.07) is 7.64. The molecule has 12 heteroatoms. The number of carbonyl (C=O) groups excluding carboxylic acids is 1. The number of benzene rings is 1. The third-order valence-electron chi connectivity index (χ3n) is 4.83. The van der Waals surface area contributed by atoms with Crippen molar-refractivity contribution in [2.24, 2.45) is 5.92 Å². The molecule has 3 nitrogen and oxygen atoms in total. The van der Waals surface area contributed by atoms with Crippen LogP contribution in [0.15, 0.2) is 36.5 Å². The first kappa shape index (κ1) is 27.1. The van der Waals surface area contributed by atoms with Crippen LogP contribution in [-0.4, -0.2) is 38.7 Å². The zero-order valence-corrected chi connectivity index (χ0v) is 17.8. The van der Waals surface area contributed by atoms with Crippen LogP contribution in [0.25, 0.3) is 0 Å². The Morgan fingerprint density at radius 1 is 1.16 bits per heavy atom. The number of nitrogens with one attached hydrogen (secondary N) is 1. The maximum atomic E-state index is 13.7. The highest BCUT2D eigenvalue weighted by Gasteiger charge is 2.73. The van der Waals surface area contributed by atoms with Crippen LogP contribution >= 0.6 is 0 Å².